The van der Waals surface area contributed by atoms with Gasteiger partial charge in [-0.3, -0.25) is 0 Å². The van der Waals surface area contributed by atoms with Crippen LogP contribution in [0, 0.1) is 0 Å². The van der Waals surface area contributed by atoms with Crippen molar-refractivity contribution in [3.05, 3.63) is 51.2 Å². The Bertz CT molecular complexity index is 654. The fourth-order valence-corrected chi connectivity index (χ4v) is 3.47. The van der Waals surface area contributed by atoms with Crippen LogP contribution in [0.25, 0.3) is 0 Å². The lowest BCUT2D eigenvalue weighted by Gasteiger charge is -2.08. The molecule has 1 heterocycles. The molecule has 0 fully saturated rings. The molecule has 0 saturated heterocycles. The van der Waals surface area contributed by atoms with Crippen molar-refractivity contribution in [1.29, 1.82) is 0 Å². The molecule has 2 N–H and O–H groups in total. The fourth-order valence-electron chi connectivity index (χ4n) is 1.50. The molecular formula is C12H12ClNO3S2. The first-order valence-electron chi connectivity index (χ1n) is 5.44. The van der Waals surface area contributed by atoms with Crippen LogP contribution in [0.4, 0.5) is 0 Å². The Morgan fingerprint density at radius 2 is 2.11 bits per heavy atom. The molecule has 19 heavy (non-hydrogen) atoms. The Hall–Kier alpha value is -0.920. The van der Waals surface area contributed by atoms with E-state index >= 15 is 0 Å². The molecule has 2 aromatic rings. The monoisotopic (exact) mass is 317 g/mol. The molecule has 0 aliphatic carbocycles. The normalized spacial score (nSPS) is 11.7. The van der Waals surface area contributed by atoms with Crippen LogP contribution in [0.3, 0.4) is 0 Å². The highest BCUT2D eigenvalue weighted by Gasteiger charge is 2.15. The average molecular weight is 318 g/mol. The van der Waals surface area contributed by atoms with Crippen LogP contribution in [-0.4, -0.2) is 13.5 Å². The minimum absolute atomic E-state index is 0.0949. The van der Waals surface area contributed by atoms with E-state index in [0.29, 0.717) is 10.6 Å². The van der Waals surface area contributed by atoms with Crippen LogP contribution in [0.15, 0.2) is 40.6 Å². The van der Waals surface area contributed by atoms with E-state index in [0.717, 1.165) is 4.88 Å². The summed E-state index contributed by atoms with van der Waals surface area (Å²) in [5, 5.41) is 11.3. The Morgan fingerprint density at radius 1 is 1.32 bits per heavy atom. The Balaban J connectivity index is 2.19. The number of sulfonamides is 1. The van der Waals surface area contributed by atoms with Gasteiger partial charge in [0.2, 0.25) is 10.0 Å². The van der Waals surface area contributed by atoms with Crippen LogP contribution in [0.5, 0.6) is 0 Å². The summed E-state index contributed by atoms with van der Waals surface area (Å²) < 4.78 is 26.7. The van der Waals surface area contributed by atoms with E-state index in [1.54, 1.807) is 0 Å². The second-order valence-electron chi connectivity index (χ2n) is 3.82. The van der Waals surface area contributed by atoms with E-state index < -0.39 is 10.0 Å². The summed E-state index contributed by atoms with van der Waals surface area (Å²) in [7, 11) is -3.60. The Morgan fingerprint density at radius 3 is 2.74 bits per heavy atom. The molecule has 4 nitrogen and oxygen atoms in total. The highest BCUT2D eigenvalue weighted by atomic mass is 35.5. The lowest BCUT2D eigenvalue weighted by Crippen LogP contribution is -2.22. The maximum atomic E-state index is 12.1. The van der Waals surface area contributed by atoms with Crippen molar-refractivity contribution in [2.75, 3.05) is 0 Å². The standard InChI is InChI=1S/C12H12ClNO3S2/c13-12-4-3-11(6-9(12)8-15)19(16,17)14-7-10-2-1-5-18-10/h1-6,14-15H,7-8H2. The molecule has 102 valence electrons. The second kappa shape index (κ2) is 6.02. The maximum Gasteiger partial charge on any atom is 0.240 e. The van der Waals surface area contributed by atoms with Gasteiger partial charge >= 0.3 is 0 Å². The van der Waals surface area contributed by atoms with Crippen molar-refractivity contribution in [3.8, 4) is 0 Å². The number of hydrogen-bond donors (Lipinski definition) is 2. The minimum Gasteiger partial charge on any atom is -0.392 e. The van der Waals surface area contributed by atoms with Gasteiger partial charge in [-0.2, -0.15) is 0 Å². The smallest absolute Gasteiger partial charge is 0.240 e. The van der Waals surface area contributed by atoms with Crippen molar-refractivity contribution < 1.29 is 13.5 Å². The van der Waals surface area contributed by atoms with Crippen molar-refractivity contribution >= 4 is 33.0 Å². The lowest BCUT2D eigenvalue weighted by atomic mass is 10.2. The molecule has 0 unspecified atom stereocenters. The summed E-state index contributed by atoms with van der Waals surface area (Å²) in [5.41, 5.74) is 0.390. The summed E-state index contributed by atoms with van der Waals surface area (Å²) in [5.74, 6) is 0. The quantitative estimate of drug-likeness (QED) is 0.889. The van der Waals surface area contributed by atoms with Gasteiger partial charge in [-0.15, -0.1) is 11.3 Å². The van der Waals surface area contributed by atoms with E-state index in [1.807, 2.05) is 17.5 Å². The van der Waals surface area contributed by atoms with Crippen molar-refractivity contribution in [3.63, 3.8) is 0 Å². The molecular weight excluding hydrogens is 306 g/mol. The maximum absolute atomic E-state index is 12.1. The largest absolute Gasteiger partial charge is 0.392 e. The summed E-state index contributed by atoms with van der Waals surface area (Å²) in [4.78, 5) is 1.03. The van der Waals surface area contributed by atoms with Gasteiger partial charge in [0.1, 0.15) is 0 Å². The van der Waals surface area contributed by atoms with Crippen LogP contribution >= 0.6 is 22.9 Å². The number of thiophene rings is 1. The molecule has 0 amide bonds. The molecule has 1 aromatic carbocycles. The Labute approximate surface area is 120 Å². The van der Waals surface area contributed by atoms with Gasteiger partial charge in [-0.1, -0.05) is 17.7 Å². The molecule has 7 heteroatoms. The van der Waals surface area contributed by atoms with Crippen molar-refractivity contribution in [2.24, 2.45) is 0 Å². The topological polar surface area (TPSA) is 66.4 Å². The minimum atomic E-state index is -3.60. The number of aliphatic hydroxyl groups is 1. The number of nitrogens with one attached hydrogen (secondary N) is 1. The fraction of sp³-hybridized carbons (Fsp3) is 0.167. The SMILES string of the molecule is O=S(=O)(NCc1cccs1)c1ccc(Cl)c(CO)c1. The van der Waals surface area contributed by atoms with E-state index in [9.17, 15) is 8.42 Å². The first kappa shape index (κ1) is 14.5. The molecule has 1 aromatic heterocycles. The number of hydrogen-bond acceptors (Lipinski definition) is 4. The van der Waals surface area contributed by atoms with Gasteiger partial charge < -0.3 is 5.11 Å². The van der Waals surface area contributed by atoms with E-state index in [2.05, 4.69) is 4.72 Å². The van der Waals surface area contributed by atoms with Crippen molar-refractivity contribution in [1.82, 2.24) is 4.72 Å². The molecule has 0 atom stereocenters. The van der Waals surface area contributed by atoms with E-state index in [-0.39, 0.29) is 18.0 Å². The van der Waals surface area contributed by atoms with E-state index in [1.165, 1.54) is 29.5 Å². The number of aliphatic hydroxyl groups excluding tert-OH is 1. The zero-order valence-electron chi connectivity index (χ0n) is 9.84. The van der Waals surface area contributed by atoms with Gasteiger partial charge in [0.15, 0.2) is 0 Å². The zero-order valence-corrected chi connectivity index (χ0v) is 12.2. The molecule has 0 bridgehead atoms. The third-order valence-electron chi connectivity index (χ3n) is 2.51. The summed E-state index contributed by atoms with van der Waals surface area (Å²) in [6.07, 6.45) is 0. The molecule has 2 rings (SSSR count). The first-order chi connectivity index (χ1) is 9.03. The summed E-state index contributed by atoms with van der Waals surface area (Å²) >= 11 is 7.31. The third-order valence-corrected chi connectivity index (χ3v) is 5.16. The number of halogens is 1. The van der Waals surface area contributed by atoms with Crippen LogP contribution in [0.2, 0.25) is 5.02 Å². The van der Waals surface area contributed by atoms with Crippen LogP contribution in [-0.2, 0) is 23.2 Å². The first-order valence-corrected chi connectivity index (χ1v) is 8.18. The lowest BCUT2D eigenvalue weighted by molar-refractivity contribution is 0.281. The molecule has 0 saturated carbocycles. The predicted molar refractivity (Wildman–Crippen MR) is 75.7 cm³/mol. The Kier molecular flexibility index (Phi) is 4.59. The van der Waals surface area contributed by atoms with Gasteiger partial charge in [-0.05, 0) is 35.2 Å². The number of benzene rings is 1. The highest BCUT2D eigenvalue weighted by molar-refractivity contribution is 7.89. The average Bonchev–Trinajstić information content (AvgIpc) is 2.90. The van der Waals surface area contributed by atoms with Gasteiger partial charge in [0.05, 0.1) is 11.5 Å². The molecule has 0 spiro atoms. The molecule has 0 radical (unpaired) electrons. The van der Waals surface area contributed by atoms with Crippen LogP contribution in [0.1, 0.15) is 10.4 Å². The molecule has 0 aliphatic rings. The van der Waals surface area contributed by atoms with Crippen molar-refractivity contribution in [2.45, 2.75) is 18.0 Å². The predicted octanol–water partition coefficient (Wildman–Crippen LogP) is 2.37. The summed E-state index contributed by atoms with van der Waals surface area (Å²) in [6.45, 7) is -0.0514. The van der Waals surface area contributed by atoms with Gasteiger partial charge in [-0.25, -0.2) is 13.1 Å². The van der Waals surface area contributed by atoms with E-state index in [4.69, 9.17) is 16.7 Å². The van der Waals surface area contributed by atoms with Crippen LogP contribution < -0.4 is 4.72 Å². The number of rotatable bonds is 5. The van der Waals surface area contributed by atoms with Gasteiger partial charge in [0, 0.05) is 16.4 Å². The van der Waals surface area contributed by atoms with Gasteiger partial charge in [0.25, 0.3) is 0 Å². The molecule has 0 aliphatic heterocycles. The second-order valence-corrected chi connectivity index (χ2v) is 7.02. The highest BCUT2D eigenvalue weighted by Crippen LogP contribution is 2.20. The zero-order chi connectivity index (χ0) is 13.9. The third kappa shape index (κ3) is 3.55. The summed E-state index contributed by atoms with van der Waals surface area (Å²) in [6, 6.07) is 7.97.